The molecule has 1 aromatic carbocycles. The second-order valence-electron chi connectivity index (χ2n) is 3.71. The molecule has 3 rings (SSSR count). The Morgan fingerprint density at radius 1 is 1.39 bits per heavy atom. The molecule has 0 amide bonds. The number of rotatable bonds is 1. The highest BCUT2D eigenvalue weighted by atomic mass is 35.5. The lowest BCUT2D eigenvalue weighted by atomic mass is 10.1. The van der Waals surface area contributed by atoms with E-state index in [1.54, 1.807) is 25.1 Å². The molecule has 0 fully saturated rings. The topological polar surface area (TPSA) is 83.0 Å². The van der Waals surface area contributed by atoms with E-state index in [1.807, 2.05) is 0 Å². The maximum absolute atomic E-state index is 12.3. The number of halogens is 1. The first-order chi connectivity index (χ1) is 8.66. The highest BCUT2D eigenvalue weighted by Crippen LogP contribution is 2.22. The van der Waals surface area contributed by atoms with E-state index in [0.717, 1.165) is 0 Å². The predicted molar refractivity (Wildman–Crippen MR) is 64.4 cm³/mol. The van der Waals surface area contributed by atoms with Crippen molar-refractivity contribution in [3.63, 3.8) is 0 Å². The van der Waals surface area contributed by atoms with Crippen LogP contribution in [-0.4, -0.2) is 15.5 Å². The minimum atomic E-state index is -0.244. The molecule has 0 unspecified atom stereocenters. The standard InChI is InChI=1S/C11H6ClN4O2/c1-5-9(11-13-15-16-14-11)10(17)7-4-6(12)2-3-8(7)18-5/h2-4H,1H3/q-1. The molecule has 0 radical (unpaired) electrons. The van der Waals surface area contributed by atoms with Gasteiger partial charge in [0, 0.05) is 10.8 Å². The zero-order valence-electron chi connectivity index (χ0n) is 9.22. The molecule has 90 valence electrons. The number of hydrogen-bond donors (Lipinski definition) is 0. The monoisotopic (exact) mass is 261 g/mol. The van der Waals surface area contributed by atoms with Gasteiger partial charge in [-0.1, -0.05) is 11.6 Å². The zero-order valence-corrected chi connectivity index (χ0v) is 9.97. The summed E-state index contributed by atoms with van der Waals surface area (Å²) in [5.74, 6) is 0.577. The maximum atomic E-state index is 12.3. The van der Waals surface area contributed by atoms with Crippen LogP contribution >= 0.6 is 11.6 Å². The van der Waals surface area contributed by atoms with E-state index in [2.05, 4.69) is 20.6 Å². The molecule has 0 aliphatic heterocycles. The fourth-order valence-corrected chi connectivity index (χ4v) is 1.95. The molecule has 2 heterocycles. The van der Waals surface area contributed by atoms with Crippen molar-refractivity contribution in [2.75, 3.05) is 0 Å². The molecule has 3 aromatic rings. The van der Waals surface area contributed by atoms with Crippen LogP contribution in [0, 0.1) is 6.92 Å². The van der Waals surface area contributed by atoms with E-state index in [4.69, 9.17) is 16.0 Å². The molecule has 6 nitrogen and oxygen atoms in total. The lowest BCUT2D eigenvalue weighted by Crippen LogP contribution is -2.08. The van der Waals surface area contributed by atoms with Crippen LogP contribution in [0.25, 0.3) is 22.4 Å². The summed E-state index contributed by atoms with van der Waals surface area (Å²) in [7, 11) is 0. The van der Waals surface area contributed by atoms with Crippen molar-refractivity contribution in [2.24, 2.45) is 0 Å². The van der Waals surface area contributed by atoms with Crippen LogP contribution in [0.4, 0.5) is 0 Å². The summed E-state index contributed by atoms with van der Waals surface area (Å²) in [6, 6.07) is 4.86. The highest BCUT2D eigenvalue weighted by Gasteiger charge is 2.12. The van der Waals surface area contributed by atoms with Crippen molar-refractivity contribution < 1.29 is 4.42 Å². The van der Waals surface area contributed by atoms with Gasteiger partial charge in [0.25, 0.3) is 0 Å². The molecule has 7 heteroatoms. The third kappa shape index (κ3) is 1.58. The Balaban J connectivity index is 2.43. The van der Waals surface area contributed by atoms with Gasteiger partial charge < -0.3 is 9.52 Å². The SMILES string of the molecule is Cc1oc2ccc(Cl)cc2c(=O)c1-c1nnn[n-]1. The summed E-state index contributed by atoms with van der Waals surface area (Å²) < 4.78 is 5.56. The predicted octanol–water partition coefficient (Wildman–Crippen LogP) is 1.56. The highest BCUT2D eigenvalue weighted by molar-refractivity contribution is 6.31. The summed E-state index contributed by atoms with van der Waals surface area (Å²) >= 11 is 5.87. The molecule has 18 heavy (non-hydrogen) atoms. The van der Waals surface area contributed by atoms with E-state index in [0.29, 0.717) is 21.8 Å². The van der Waals surface area contributed by atoms with E-state index < -0.39 is 0 Å². The minimum absolute atomic E-state index is 0.156. The fraction of sp³-hybridized carbons (Fsp3) is 0.0909. The van der Waals surface area contributed by atoms with Crippen molar-refractivity contribution in [2.45, 2.75) is 6.92 Å². The summed E-state index contributed by atoms with van der Waals surface area (Å²) in [6.45, 7) is 1.67. The van der Waals surface area contributed by atoms with Crippen molar-refractivity contribution in [1.29, 1.82) is 0 Å². The van der Waals surface area contributed by atoms with Gasteiger partial charge in [0.15, 0.2) is 0 Å². The lowest BCUT2D eigenvalue weighted by Gasteiger charge is -2.06. The Bertz CT molecular complexity index is 780. The Morgan fingerprint density at radius 3 is 2.94 bits per heavy atom. The Kier molecular flexibility index (Phi) is 2.38. The normalized spacial score (nSPS) is 11.0. The Morgan fingerprint density at radius 2 is 2.22 bits per heavy atom. The van der Waals surface area contributed by atoms with Crippen LogP contribution in [0.15, 0.2) is 27.4 Å². The quantitative estimate of drug-likeness (QED) is 0.661. The number of fused-ring (bicyclic) bond motifs is 1. The van der Waals surface area contributed by atoms with E-state index >= 15 is 0 Å². The molecule has 2 aromatic heterocycles. The van der Waals surface area contributed by atoms with E-state index in [9.17, 15) is 4.79 Å². The van der Waals surface area contributed by atoms with Crippen LogP contribution in [0.1, 0.15) is 5.76 Å². The number of nitrogens with zero attached hydrogens (tertiary/aromatic N) is 4. The third-order valence-corrected chi connectivity index (χ3v) is 2.81. The average molecular weight is 262 g/mol. The van der Waals surface area contributed by atoms with Gasteiger partial charge in [-0.2, -0.15) is 5.21 Å². The third-order valence-electron chi connectivity index (χ3n) is 2.57. The fourth-order valence-electron chi connectivity index (χ4n) is 1.78. The maximum Gasteiger partial charge on any atom is 0.201 e. The summed E-state index contributed by atoms with van der Waals surface area (Å²) in [4.78, 5) is 12.3. The van der Waals surface area contributed by atoms with Crippen LogP contribution in [0.2, 0.25) is 5.02 Å². The average Bonchev–Trinajstić information content (AvgIpc) is 2.84. The first-order valence-electron chi connectivity index (χ1n) is 5.09. The van der Waals surface area contributed by atoms with Gasteiger partial charge in [0.2, 0.25) is 5.43 Å². The van der Waals surface area contributed by atoms with Gasteiger partial charge in [0.05, 0.1) is 10.9 Å². The lowest BCUT2D eigenvalue weighted by molar-refractivity contribution is 0.566. The first kappa shape index (κ1) is 10.9. The Hall–Kier alpha value is -2.21. The van der Waals surface area contributed by atoms with Gasteiger partial charge in [-0.15, -0.1) is 0 Å². The first-order valence-corrected chi connectivity index (χ1v) is 5.46. The van der Waals surface area contributed by atoms with Crippen LogP contribution < -0.4 is 10.5 Å². The summed E-state index contributed by atoms with van der Waals surface area (Å²) in [5, 5.41) is 14.9. The molecule has 0 saturated heterocycles. The van der Waals surface area contributed by atoms with Gasteiger partial charge in [-0.25, -0.2) is 0 Å². The van der Waals surface area contributed by atoms with E-state index in [1.165, 1.54) is 0 Å². The van der Waals surface area contributed by atoms with E-state index in [-0.39, 0.29) is 16.8 Å². The number of hydrogen-bond acceptors (Lipinski definition) is 5. The second kappa shape index (κ2) is 3.92. The van der Waals surface area contributed by atoms with Crippen molar-refractivity contribution in [3.05, 3.63) is 39.2 Å². The van der Waals surface area contributed by atoms with Crippen LogP contribution in [0.5, 0.6) is 0 Å². The summed E-state index contributed by atoms with van der Waals surface area (Å²) in [5.41, 5.74) is 0.485. The number of tetrazole rings is 1. The van der Waals surface area contributed by atoms with Crippen molar-refractivity contribution in [1.82, 2.24) is 20.6 Å². The molecule has 0 atom stereocenters. The number of aromatic nitrogens is 4. The van der Waals surface area contributed by atoms with Crippen LogP contribution in [0.3, 0.4) is 0 Å². The Labute approximate surface area is 106 Å². The van der Waals surface area contributed by atoms with Gasteiger partial charge in [-0.05, 0) is 25.1 Å². The second-order valence-corrected chi connectivity index (χ2v) is 4.14. The van der Waals surface area contributed by atoms with Gasteiger partial charge in [0.1, 0.15) is 11.3 Å². The molecule has 0 saturated carbocycles. The molecule has 0 aliphatic rings. The molecule has 0 bridgehead atoms. The molecule has 0 aliphatic carbocycles. The molecular formula is C11H6ClN4O2-. The van der Waals surface area contributed by atoms with Gasteiger partial charge >= 0.3 is 0 Å². The van der Waals surface area contributed by atoms with Crippen LogP contribution in [-0.2, 0) is 0 Å². The molecular weight excluding hydrogens is 256 g/mol. The molecule has 0 spiro atoms. The van der Waals surface area contributed by atoms with Gasteiger partial charge in [-0.3, -0.25) is 15.1 Å². The summed E-state index contributed by atoms with van der Waals surface area (Å²) in [6.07, 6.45) is 0. The zero-order chi connectivity index (χ0) is 12.7. The van der Waals surface area contributed by atoms with Crippen molar-refractivity contribution in [3.8, 4) is 11.4 Å². The van der Waals surface area contributed by atoms with Crippen molar-refractivity contribution >= 4 is 22.6 Å². The molecule has 0 N–H and O–H groups in total. The number of benzene rings is 1. The number of aryl methyl sites for hydroxylation is 1. The smallest absolute Gasteiger partial charge is 0.201 e. The minimum Gasteiger partial charge on any atom is -0.460 e. The largest absolute Gasteiger partial charge is 0.460 e.